The Labute approximate surface area is 159 Å². The highest BCUT2D eigenvalue weighted by atomic mass is 15.3. The minimum Gasteiger partial charge on any atom is -0.372 e. The Morgan fingerprint density at radius 1 is 0.889 bits per heavy atom. The van der Waals surface area contributed by atoms with Gasteiger partial charge in [-0.15, -0.1) is 5.10 Å². The van der Waals surface area contributed by atoms with E-state index in [0.717, 1.165) is 30.0 Å². The van der Waals surface area contributed by atoms with Crippen molar-refractivity contribution in [2.24, 2.45) is 0 Å². The summed E-state index contributed by atoms with van der Waals surface area (Å²) in [4.78, 5) is 6.95. The summed E-state index contributed by atoms with van der Waals surface area (Å²) in [6.45, 7) is 4.35. The molecule has 27 heavy (non-hydrogen) atoms. The van der Waals surface area contributed by atoms with Gasteiger partial charge in [-0.25, -0.2) is 0 Å². The Bertz CT molecular complexity index is 887. The summed E-state index contributed by atoms with van der Waals surface area (Å²) in [5, 5.41) is 14.7. The molecule has 1 saturated heterocycles. The van der Waals surface area contributed by atoms with Crippen LogP contribution in [0, 0.1) is 6.92 Å². The maximum Gasteiger partial charge on any atom is 0.249 e. The SMILES string of the molecule is Cc1ccccc1Nc1cnnc(Nc2ccc(N3CCCCC3)cc2)n1. The van der Waals surface area contributed by atoms with Gasteiger partial charge in [-0.1, -0.05) is 18.2 Å². The molecule has 0 saturated carbocycles. The number of para-hydroxylation sites is 1. The molecule has 1 aromatic heterocycles. The molecule has 2 aromatic carbocycles. The van der Waals surface area contributed by atoms with E-state index in [2.05, 4.69) is 68.0 Å². The standard InChI is InChI=1S/C21H24N6/c1-16-7-3-4-8-19(16)24-20-15-22-26-21(25-20)23-17-9-11-18(12-10-17)27-13-5-2-6-14-27/h3-4,7-12,15H,2,5-6,13-14H2,1H3,(H2,23,24,25,26). The van der Waals surface area contributed by atoms with Gasteiger partial charge in [0.15, 0.2) is 5.82 Å². The fourth-order valence-electron chi connectivity index (χ4n) is 3.30. The molecule has 0 atom stereocenters. The molecule has 6 heteroatoms. The van der Waals surface area contributed by atoms with Crippen LogP contribution in [0.15, 0.2) is 54.7 Å². The number of aromatic nitrogens is 3. The van der Waals surface area contributed by atoms with Crippen LogP contribution >= 0.6 is 0 Å². The predicted octanol–water partition coefficient (Wildman–Crippen LogP) is 4.66. The Kier molecular flexibility index (Phi) is 5.14. The number of nitrogens with zero attached hydrogens (tertiary/aromatic N) is 4. The minimum absolute atomic E-state index is 0.472. The summed E-state index contributed by atoms with van der Waals surface area (Å²) in [6.07, 6.45) is 5.52. The lowest BCUT2D eigenvalue weighted by atomic mass is 10.1. The summed E-state index contributed by atoms with van der Waals surface area (Å²) in [7, 11) is 0. The van der Waals surface area contributed by atoms with Crippen molar-refractivity contribution in [3.8, 4) is 0 Å². The number of nitrogens with one attached hydrogen (secondary N) is 2. The average molecular weight is 360 g/mol. The van der Waals surface area contributed by atoms with Crippen molar-refractivity contribution in [2.45, 2.75) is 26.2 Å². The monoisotopic (exact) mass is 360 g/mol. The van der Waals surface area contributed by atoms with Crippen molar-refractivity contribution < 1.29 is 0 Å². The fraction of sp³-hybridized carbons (Fsp3) is 0.286. The van der Waals surface area contributed by atoms with E-state index < -0.39 is 0 Å². The average Bonchev–Trinajstić information content (AvgIpc) is 2.71. The third-order valence-corrected chi connectivity index (χ3v) is 4.81. The molecule has 1 aliphatic rings. The van der Waals surface area contributed by atoms with Crippen LogP contribution in [-0.4, -0.2) is 28.3 Å². The number of benzene rings is 2. The van der Waals surface area contributed by atoms with Crippen LogP contribution in [0.2, 0.25) is 0 Å². The predicted molar refractivity (Wildman–Crippen MR) is 110 cm³/mol. The second kappa shape index (κ2) is 8.03. The van der Waals surface area contributed by atoms with Gasteiger partial charge in [0.2, 0.25) is 5.95 Å². The second-order valence-corrected chi connectivity index (χ2v) is 6.82. The van der Waals surface area contributed by atoms with Crippen molar-refractivity contribution in [3.05, 3.63) is 60.3 Å². The Morgan fingerprint density at radius 3 is 2.44 bits per heavy atom. The summed E-state index contributed by atoms with van der Waals surface area (Å²) in [6, 6.07) is 16.5. The molecule has 0 spiro atoms. The molecular formula is C21H24N6. The van der Waals surface area contributed by atoms with E-state index in [1.165, 1.54) is 24.9 Å². The van der Waals surface area contributed by atoms with E-state index in [-0.39, 0.29) is 0 Å². The third kappa shape index (κ3) is 4.34. The number of piperidine rings is 1. The molecule has 138 valence electrons. The van der Waals surface area contributed by atoms with Crippen LogP contribution < -0.4 is 15.5 Å². The normalized spacial score (nSPS) is 14.0. The van der Waals surface area contributed by atoms with Crippen LogP contribution in [0.4, 0.5) is 28.8 Å². The van der Waals surface area contributed by atoms with Crippen molar-refractivity contribution in [2.75, 3.05) is 28.6 Å². The summed E-state index contributed by atoms with van der Waals surface area (Å²) in [5.74, 6) is 1.13. The molecule has 3 aromatic rings. The first-order valence-electron chi connectivity index (χ1n) is 9.42. The highest BCUT2D eigenvalue weighted by molar-refractivity contribution is 5.62. The molecule has 0 radical (unpaired) electrons. The zero-order chi connectivity index (χ0) is 18.5. The number of rotatable bonds is 5. The van der Waals surface area contributed by atoms with Crippen molar-refractivity contribution >= 4 is 28.8 Å². The number of hydrogen-bond donors (Lipinski definition) is 2. The third-order valence-electron chi connectivity index (χ3n) is 4.81. The van der Waals surface area contributed by atoms with Crippen molar-refractivity contribution in [3.63, 3.8) is 0 Å². The highest BCUT2D eigenvalue weighted by Crippen LogP contribution is 2.23. The topological polar surface area (TPSA) is 66.0 Å². The minimum atomic E-state index is 0.472. The zero-order valence-corrected chi connectivity index (χ0v) is 15.5. The molecule has 1 fully saturated rings. The van der Waals surface area contributed by atoms with Crippen LogP contribution in [0.25, 0.3) is 0 Å². The zero-order valence-electron chi connectivity index (χ0n) is 15.5. The first-order chi connectivity index (χ1) is 13.3. The molecule has 2 heterocycles. The maximum absolute atomic E-state index is 4.51. The van der Waals surface area contributed by atoms with Crippen molar-refractivity contribution in [1.82, 2.24) is 15.2 Å². The summed E-state index contributed by atoms with van der Waals surface area (Å²) in [5.41, 5.74) is 4.38. The fourth-order valence-corrected chi connectivity index (χ4v) is 3.30. The van der Waals surface area contributed by atoms with Crippen LogP contribution in [0.5, 0.6) is 0 Å². The van der Waals surface area contributed by atoms with Gasteiger partial charge in [-0.3, -0.25) is 0 Å². The first kappa shape index (κ1) is 17.3. The van der Waals surface area contributed by atoms with E-state index in [4.69, 9.17) is 0 Å². The molecule has 2 N–H and O–H groups in total. The highest BCUT2D eigenvalue weighted by Gasteiger charge is 2.10. The van der Waals surface area contributed by atoms with Gasteiger partial charge in [-0.2, -0.15) is 10.1 Å². The first-order valence-corrected chi connectivity index (χ1v) is 9.42. The Balaban J connectivity index is 1.44. The second-order valence-electron chi connectivity index (χ2n) is 6.82. The van der Waals surface area contributed by atoms with Crippen molar-refractivity contribution in [1.29, 1.82) is 0 Å². The lowest BCUT2D eigenvalue weighted by Crippen LogP contribution is -2.29. The Morgan fingerprint density at radius 2 is 1.67 bits per heavy atom. The van der Waals surface area contributed by atoms with Gasteiger partial charge >= 0.3 is 0 Å². The van der Waals surface area contributed by atoms with E-state index in [1.807, 2.05) is 18.2 Å². The van der Waals surface area contributed by atoms with Gasteiger partial charge in [0.25, 0.3) is 0 Å². The number of anilines is 5. The lowest BCUT2D eigenvalue weighted by Gasteiger charge is -2.28. The van der Waals surface area contributed by atoms with E-state index in [1.54, 1.807) is 6.20 Å². The molecular weight excluding hydrogens is 336 g/mol. The molecule has 4 rings (SSSR count). The molecule has 6 nitrogen and oxygen atoms in total. The molecule has 0 bridgehead atoms. The van der Waals surface area contributed by atoms with Gasteiger partial charge in [0, 0.05) is 30.2 Å². The van der Waals surface area contributed by atoms with Gasteiger partial charge in [0.1, 0.15) is 0 Å². The summed E-state index contributed by atoms with van der Waals surface area (Å²) >= 11 is 0. The quantitative estimate of drug-likeness (QED) is 0.690. The van der Waals surface area contributed by atoms with Crippen LogP contribution in [0.1, 0.15) is 24.8 Å². The molecule has 0 aliphatic carbocycles. The number of hydrogen-bond acceptors (Lipinski definition) is 6. The van der Waals surface area contributed by atoms with E-state index in [9.17, 15) is 0 Å². The van der Waals surface area contributed by atoms with Gasteiger partial charge in [0.05, 0.1) is 6.20 Å². The molecule has 0 unspecified atom stereocenters. The van der Waals surface area contributed by atoms with Gasteiger partial charge in [-0.05, 0) is 62.1 Å². The van der Waals surface area contributed by atoms with Crippen LogP contribution in [0.3, 0.4) is 0 Å². The summed E-state index contributed by atoms with van der Waals surface area (Å²) < 4.78 is 0. The smallest absolute Gasteiger partial charge is 0.249 e. The largest absolute Gasteiger partial charge is 0.372 e. The van der Waals surface area contributed by atoms with Gasteiger partial charge < -0.3 is 15.5 Å². The number of aryl methyl sites for hydroxylation is 1. The van der Waals surface area contributed by atoms with E-state index in [0.29, 0.717) is 11.8 Å². The maximum atomic E-state index is 4.51. The molecule has 0 amide bonds. The molecule has 1 aliphatic heterocycles. The lowest BCUT2D eigenvalue weighted by molar-refractivity contribution is 0.578. The van der Waals surface area contributed by atoms with Crippen LogP contribution in [-0.2, 0) is 0 Å². The Hall–Kier alpha value is -3.15. The van der Waals surface area contributed by atoms with E-state index >= 15 is 0 Å².